The highest BCUT2D eigenvalue weighted by Gasteiger charge is 2.27. The molecule has 122 valence electrons. The fourth-order valence-electron chi connectivity index (χ4n) is 2.90. The summed E-state index contributed by atoms with van der Waals surface area (Å²) in [5.41, 5.74) is 3.45. The van der Waals surface area contributed by atoms with Crippen LogP contribution in [0.25, 0.3) is 0 Å². The number of hydrogen-bond acceptors (Lipinski definition) is 2. The summed E-state index contributed by atoms with van der Waals surface area (Å²) in [6.45, 7) is 0.648. The number of aliphatic imine (C=N–C) groups is 1. The Labute approximate surface area is 150 Å². The molecule has 0 saturated carbocycles. The molecule has 4 nitrogen and oxygen atoms in total. The molecule has 0 bridgehead atoms. The second-order valence-electron chi connectivity index (χ2n) is 5.71. The van der Waals surface area contributed by atoms with Crippen molar-refractivity contribution in [3.8, 4) is 0 Å². The highest BCUT2D eigenvalue weighted by molar-refractivity contribution is 6.31. The van der Waals surface area contributed by atoms with Crippen molar-refractivity contribution in [2.24, 2.45) is 4.99 Å². The van der Waals surface area contributed by atoms with Gasteiger partial charge >= 0.3 is 0 Å². The van der Waals surface area contributed by atoms with Gasteiger partial charge in [-0.1, -0.05) is 41.9 Å². The Morgan fingerprint density at radius 1 is 1.08 bits per heavy atom. The molecule has 0 saturated heterocycles. The molecule has 0 unspecified atom stereocenters. The lowest BCUT2D eigenvalue weighted by atomic mass is 10.1. The quantitative estimate of drug-likeness (QED) is 0.692. The zero-order valence-corrected chi connectivity index (χ0v) is 14.0. The lowest BCUT2D eigenvalue weighted by Gasteiger charge is -2.19. The molecule has 1 amide bonds. The topological polar surface area (TPSA) is 45.6 Å². The van der Waals surface area contributed by atoms with Crippen LogP contribution < -0.4 is 4.90 Å². The van der Waals surface area contributed by atoms with Crippen LogP contribution in [0.1, 0.15) is 21.5 Å². The molecule has 0 spiro atoms. The van der Waals surface area contributed by atoms with Gasteiger partial charge in [0.25, 0.3) is 5.91 Å². The van der Waals surface area contributed by atoms with E-state index in [2.05, 4.69) is 9.98 Å². The van der Waals surface area contributed by atoms with Gasteiger partial charge in [-0.2, -0.15) is 4.99 Å². The van der Waals surface area contributed by atoms with Crippen molar-refractivity contribution in [3.05, 3.63) is 94.8 Å². The first-order valence-corrected chi connectivity index (χ1v) is 8.24. The lowest BCUT2D eigenvalue weighted by Crippen LogP contribution is -2.25. The van der Waals surface area contributed by atoms with Gasteiger partial charge in [-0.25, -0.2) is 0 Å². The molecule has 4 rings (SSSR count). The molecule has 3 aromatic rings. The molecule has 2 heterocycles. The van der Waals surface area contributed by atoms with Gasteiger partial charge in [0.1, 0.15) is 5.84 Å². The number of carbonyl (C=O) groups is 1. The van der Waals surface area contributed by atoms with E-state index >= 15 is 0 Å². The number of carbonyl (C=O) groups excluding carboxylic acids is 1. The van der Waals surface area contributed by atoms with E-state index in [4.69, 9.17) is 11.6 Å². The number of halogens is 1. The summed E-state index contributed by atoms with van der Waals surface area (Å²) in [6, 6.07) is 18.9. The van der Waals surface area contributed by atoms with Crippen LogP contribution in [0.4, 0.5) is 5.69 Å². The van der Waals surface area contributed by atoms with Gasteiger partial charge in [-0.15, -0.1) is 0 Å². The minimum atomic E-state index is -0.313. The van der Waals surface area contributed by atoms with E-state index in [-0.39, 0.29) is 5.91 Å². The van der Waals surface area contributed by atoms with Crippen LogP contribution in [0.3, 0.4) is 0 Å². The molecular weight excluding hydrogens is 334 g/mol. The maximum Gasteiger partial charge on any atom is 0.280 e. The van der Waals surface area contributed by atoms with Crippen LogP contribution in [0, 0.1) is 0 Å². The number of rotatable bonds is 2. The van der Waals surface area contributed by atoms with Crippen molar-refractivity contribution in [2.45, 2.75) is 6.54 Å². The lowest BCUT2D eigenvalue weighted by molar-refractivity contribution is 0.100. The third kappa shape index (κ3) is 3.04. The normalized spacial score (nSPS) is 14.6. The highest BCUT2D eigenvalue weighted by Crippen LogP contribution is 2.30. The maximum atomic E-state index is 12.6. The van der Waals surface area contributed by atoms with E-state index < -0.39 is 0 Å². The first-order valence-electron chi connectivity index (χ1n) is 7.87. The van der Waals surface area contributed by atoms with Gasteiger partial charge in [-0.3, -0.25) is 9.78 Å². The molecule has 0 N–H and O–H groups in total. The molecular formula is C20H14ClN3O. The summed E-state index contributed by atoms with van der Waals surface area (Å²) < 4.78 is 0. The minimum Gasteiger partial charge on any atom is -0.321 e. The number of anilines is 1. The van der Waals surface area contributed by atoms with E-state index in [1.807, 2.05) is 53.4 Å². The predicted molar refractivity (Wildman–Crippen MR) is 99.2 cm³/mol. The van der Waals surface area contributed by atoms with Gasteiger partial charge in [0.05, 0.1) is 12.1 Å². The number of benzene rings is 2. The maximum absolute atomic E-state index is 12.6. The van der Waals surface area contributed by atoms with Crippen molar-refractivity contribution in [3.63, 3.8) is 0 Å². The first kappa shape index (κ1) is 15.5. The Hall–Kier alpha value is -2.98. The second kappa shape index (κ2) is 6.49. The number of fused-ring (bicyclic) bond motifs is 1. The van der Waals surface area contributed by atoms with E-state index in [9.17, 15) is 4.79 Å². The van der Waals surface area contributed by atoms with E-state index in [0.717, 1.165) is 16.8 Å². The second-order valence-corrected chi connectivity index (χ2v) is 6.14. The van der Waals surface area contributed by atoms with Gasteiger partial charge in [0.15, 0.2) is 0 Å². The van der Waals surface area contributed by atoms with E-state index in [1.54, 1.807) is 18.3 Å². The molecule has 0 aliphatic carbocycles. The van der Waals surface area contributed by atoms with Gasteiger partial charge in [-0.05, 0) is 35.9 Å². The predicted octanol–water partition coefficient (Wildman–Crippen LogP) is 4.34. The Morgan fingerprint density at radius 3 is 2.76 bits per heavy atom. The molecule has 1 aromatic heterocycles. The SMILES string of the molecule is O=C(N=C1c2ccccc2CN1c1cccc(Cl)c1)c1cccnc1. The Bertz CT molecular complexity index is 969. The van der Waals surface area contributed by atoms with Crippen LogP contribution in [0.5, 0.6) is 0 Å². The number of amidine groups is 1. The number of hydrogen-bond donors (Lipinski definition) is 0. The van der Waals surface area contributed by atoms with E-state index in [1.165, 1.54) is 6.20 Å². The van der Waals surface area contributed by atoms with Crippen LogP contribution in [0.15, 0.2) is 78.0 Å². The van der Waals surface area contributed by atoms with Crippen LogP contribution in [-0.4, -0.2) is 16.7 Å². The summed E-state index contributed by atoms with van der Waals surface area (Å²) in [7, 11) is 0. The number of nitrogens with zero attached hydrogens (tertiary/aromatic N) is 3. The first-order chi connectivity index (χ1) is 12.2. The molecule has 1 aliphatic rings. The fraction of sp³-hybridized carbons (Fsp3) is 0.0500. The summed E-state index contributed by atoms with van der Waals surface area (Å²) in [5.74, 6) is 0.318. The Balaban J connectivity index is 1.80. The summed E-state index contributed by atoms with van der Waals surface area (Å²) >= 11 is 6.14. The van der Waals surface area contributed by atoms with Crippen LogP contribution in [0.2, 0.25) is 5.02 Å². The molecule has 25 heavy (non-hydrogen) atoms. The number of pyridine rings is 1. The van der Waals surface area contributed by atoms with Crippen LogP contribution >= 0.6 is 11.6 Å². The average molecular weight is 348 g/mol. The fourth-order valence-corrected chi connectivity index (χ4v) is 3.08. The van der Waals surface area contributed by atoms with Crippen molar-refractivity contribution >= 4 is 29.0 Å². The van der Waals surface area contributed by atoms with Gasteiger partial charge in [0.2, 0.25) is 0 Å². The molecule has 0 fully saturated rings. The summed E-state index contributed by atoms with van der Waals surface area (Å²) in [6.07, 6.45) is 3.16. The van der Waals surface area contributed by atoms with Crippen molar-refractivity contribution in [1.82, 2.24) is 4.98 Å². The largest absolute Gasteiger partial charge is 0.321 e. The average Bonchev–Trinajstić information content (AvgIpc) is 3.01. The smallest absolute Gasteiger partial charge is 0.280 e. The monoisotopic (exact) mass is 347 g/mol. The Morgan fingerprint density at radius 2 is 1.96 bits per heavy atom. The molecule has 0 atom stereocenters. The Kier molecular flexibility index (Phi) is 4.04. The minimum absolute atomic E-state index is 0.313. The summed E-state index contributed by atoms with van der Waals surface area (Å²) in [5, 5.41) is 0.645. The molecule has 1 aliphatic heterocycles. The molecule has 0 radical (unpaired) electrons. The van der Waals surface area contributed by atoms with Crippen molar-refractivity contribution in [2.75, 3.05) is 4.90 Å². The van der Waals surface area contributed by atoms with Crippen molar-refractivity contribution in [1.29, 1.82) is 0 Å². The zero-order valence-electron chi connectivity index (χ0n) is 13.3. The number of amides is 1. The van der Waals surface area contributed by atoms with Gasteiger partial charge < -0.3 is 4.90 Å². The molecule has 2 aromatic carbocycles. The van der Waals surface area contributed by atoms with Crippen LogP contribution in [-0.2, 0) is 6.54 Å². The summed E-state index contributed by atoms with van der Waals surface area (Å²) in [4.78, 5) is 23.0. The van der Waals surface area contributed by atoms with Gasteiger partial charge in [0, 0.05) is 28.7 Å². The van der Waals surface area contributed by atoms with Crippen molar-refractivity contribution < 1.29 is 4.79 Å². The molecule has 5 heteroatoms. The third-order valence-corrected chi connectivity index (χ3v) is 4.31. The van der Waals surface area contributed by atoms with E-state index in [0.29, 0.717) is 23.0 Å². The third-order valence-electron chi connectivity index (χ3n) is 4.08. The number of aromatic nitrogens is 1. The standard InChI is InChI=1S/C20H14ClN3O/c21-16-7-3-8-17(11-16)24-13-15-5-1-2-9-18(15)19(24)23-20(25)14-6-4-10-22-12-14/h1-12H,13H2. The zero-order chi connectivity index (χ0) is 17.2. The highest BCUT2D eigenvalue weighted by atomic mass is 35.5.